The van der Waals surface area contributed by atoms with Crippen LogP contribution < -0.4 is 5.32 Å². The molecule has 0 aliphatic carbocycles. The fraction of sp³-hybridized carbons (Fsp3) is 0.250. The maximum Gasteiger partial charge on any atom is 0.251 e. The van der Waals surface area contributed by atoms with E-state index in [-0.39, 0.29) is 16.8 Å². The van der Waals surface area contributed by atoms with Gasteiger partial charge in [-0.2, -0.15) is 0 Å². The molecule has 0 spiro atoms. The molecule has 2 aromatic rings. The standard InChI is InChI=1S/C16H18N2O3S/c1-3-15(18-16(19)12-7-9-17-10-8-12)13-5-4-6-14(11-13)22(2,20)21/h4-11,15H,3H2,1-2H3,(H,18,19)/t15-/m0/s1. The molecule has 0 saturated heterocycles. The Morgan fingerprint density at radius 3 is 2.50 bits per heavy atom. The normalized spacial score (nSPS) is 12.6. The number of amides is 1. The zero-order valence-corrected chi connectivity index (χ0v) is 13.3. The van der Waals surface area contributed by atoms with Crippen molar-refractivity contribution in [3.8, 4) is 0 Å². The maximum absolute atomic E-state index is 12.2. The molecule has 1 amide bonds. The van der Waals surface area contributed by atoms with Crippen LogP contribution in [-0.2, 0) is 9.84 Å². The monoisotopic (exact) mass is 318 g/mol. The average Bonchev–Trinajstić information content (AvgIpc) is 2.52. The van der Waals surface area contributed by atoms with Crippen LogP contribution in [0.2, 0.25) is 0 Å². The van der Waals surface area contributed by atoms with Crippen molar-refractivity contribution in [2.75, 3.05) is 6.26 Å². The van der Waals surface area contributed by atoms with Crippen LogP contribution >= 0.6 is 0 Å². The number of pyridine rings is 1. The second-order valence-corrected chi connectivity index (χ2v) is 7.03. The third kappa shape index (κ3) is 3.92. The van der Waals surface area contributed by atoms with Gasteiger partial charge in [0.2, 0.25) is 0 Å². The Morgan fingerprint density at radius 1 is 1.23 bits per heavy atom. The molecule has 116 valence electrons. The number of aromatic nitrogens is 1. The molecule has 1 heterocycles. The number of hydrogen-bond donors (Lipinski definition) is 1. The minimum atomic E-state index is -3.27. The quantitative estimate of drug-likeness (QED) is 0.918. The summed E-state index contributed by atoms with van der Waals surface area (Å²) in [4.78, 5) is 16.3. The van der Waals surface area contributed by atoms with Crippen molar-refractivity contribution in [2.45, 2.75) is 24.3 Å². The van der Waals surface area contributed by atoms with Crippen LogP contribution in [0.15, 0.2) is 53.7 Å². The van der Waals surface area contributed by atoms with E-state index >= 15 is 0 Å². The van der Waals surface area contributed by atoms with Crippen LogP contribution in [-0.4, -0.2) is 25.6 Å². The molecule has 1 aromatic heterocycles. The molecule has 0 aliphatic heterocycles. The predicted molar refractivity (Wildman–Crippen MR) is 84.3 cm³/mol. The van der Waals surface area contributed by atoms with Crippen molar-refractivity contribution < 1.29 is 13.2 Å². The van der Waals surface area contributed by atoms with Gasteiger partial charge >= 0.3 is 0 Å². The minimum Gasteiger partial charge on any atom is -0.345 e. The molecule has 2 rings (SSSR count). The zero-order chi connectivity index (χ0) is 16.2. The van der Waals surface area contributed by atoms with E-state index in [1.54, 1.807) is 42.7 Å². The van der Waals surface area contributed by atoms with Gasteiger partial charge in [0.25, 0.3) is 5.91 Å². The van der Waals surface area contributed by atoms with E-state index in [2.05, 4.69) is 10.3 Å². The van der Waals surface area contributed by atoms with Gasteiger partial charge in [0, 0.05) is 24.2 Å². The summed E-state index contributed by atoms with van der Waals surface area (Å²) in [6.07, 6.45) is 4.94. The average molecular weight is 318 g/mol. The van der Waals surface area contributed by atoms with E-state index in [9.17, 15) is 13.2 Å². The number of benzene rings is 1. The van der Waals surface area contributed by atoms with Crippen LogP contribution in [0.1, 0.15) is 35.3 Å². The zero-order valence-electron chi connectivity index (χ0n) is 12.5. The minimum absolute atomic E-state index is 0.209. The fourth-order valence-electron chi connectivity index (χ4n) is 2.13. The Morgan fingerprint density at radius 2 is 1.91 bits per heavy atom. The van der Waals surface area contributed by atoms with Gasteiger partial charge in [-0.3, -0.25) is 9.78 Å². The first-order valence-corrected chi connectivity index (χ1v) is 8.82. The van der Waals surface area contributed by atoms with Crippen molar-refractivity contribution >= 4 is 15.7 Å². The number of sulfone groups is 1. The number of nitrogens with zero attached hydrogens (tertiary/aromatic N) is 1. The van der Waals surface area contributed by atoms with E-state index in [0.717, 1.165) is 5.56 Å². The lowest BCUT2D eigenvalue weighted by Crippen LogP contribution is -2.28. The summed E-state index contributed by atoms with van der Waals surface area (Å²) in [5.41, 5.74) is 1.29. The Balaban J connectivity index is 2.24. The summed E-state index contributed by atoms with van der Waals surface area (Å²) in [7, 11) is -3.27. The molecule has 22 heavy (non-hydrogen) atoms. The molecule has 0 fully saturated rings. The van der Waals surface area contributed by atoms with Gasteiger partial charge in [0.15, 0.2) is 9.84 Å². The Kier molecular flexibility index (Phi) is 4.92. The number of carbonyl (C=O) groups excluding carboxylic acids is 1. The lowest BCUT2D eigenvalue weighted by atomic mass is 10.0. The highest BCUT2D eigenvalue weighted by Crippen LogP contribution is 2.20. The summed E-state index contributed by atoms with van der Waals surface area (Å²) in [6, 6.07) is 9.68. The lowest BCUT2D eigenvalue weighted by molar-refractivity contribution is 0.0935. The molecule has 0 saturated carbocycles. The summed E-state index contributed by atoms with van der Waals surface area (Å²) >= 11 is 0. The fourth-order valence-corrected chi connectivity index (χ4v) is 2.80. The van der Waals surface area contributed by atoms with Crippen molar-refractivity contribution in [3.63, 3.8) is 0 Å². The predicted octanol–water partition coefficient (Wildman–Crippen LogP) is 2.37. The number of rotatable bonds is 5. The largest absolute Gasteiger partial charge is 0.345 e. The van der Waals surface area contributed by atoms with Gasteiger partial charge in [0.05, 0.1) is 10.9 Å². The summed E-state index contributed by atoms with van der Waals surface area (Å²) in [5.74, 6) is -0.209. The smallest absolute Gasteiger partial charge is 0.251 e. The molecule has 6 heteroatoms. The topological polar surface area (TPSA) is 76.1 Å². The second-order valence-electron chi connectivity index (χ2n) is 5.01. The van der Waals surface area contributed by atoms with Crippen molar-refractivity contribution in [3.05, 3.63) is 59.9 Å². The number of nitrogens with one attached hydrogen (secondary N) is 1. The van der Waals surface area contributed by atoms with Crippen LogP contribution in [0.4, 0.5) is 0 Å². The highest BCUT2D eigenvalue weighted by Gasteiger charge is 2.16. The maximum atomic E-state index is 12.2. The van der Waals surface area contributed by atoms with Gasteiger partial charge in [0.1, 0.15) is 0 Å². The van der Waals surface area contributed by atoms with Crippen molar-refractivity contribution in [1.82, 2.24) is 10.3 Å². The third-order valence-corrected chi connectivity index (χ3v) is 4.45. The second kappa shape index (κ2) is 6.70. The molecule has 0 aliphatic rings. The van der Waals surface area contributed by atoms with Crippen LogP contribution in [0.25, 0.3) is 0 Å². The molecule has 0 unspecified atom stereocenters. The first kappa shape index (κ1) is 16.2. The highest BCUT2D eigenvalue weighted by molar-refractivity contribution is 7.90. The lowest BCUT2D eigenvalue weighted by Gasteiger charge is -2.18. The van der Waals surface area contributed by atoms with Gasteiger partial charge in [-0.1, -0.05) is 19.1 Å². The summed E-state index contributed by atoms with van der Waals surface area (Å²) in [6.45, 7) is 1.94. The molecule has 1 atom stereocenters. The molecule has 1 aromatic carbocycles. The van der Waals surface area contributed by atoms with Crippen molar-refractivity contribution in [1.29, 1.82) is 0 Å². The van der Waals surface area contributed by atoms with Gasteiger partial charge in [-0.15, -0.1) is 0 Å². The van der Waals surface area contributed by atoms with Crippen LogP contribution in [0, 0.1) is 0 Å². The summed E-state index contributed by atoms with van der Waals surface area (Å²) < 4.78 is 23.3. The Hall–Kier alpha value is -2.21. The molecule has 0 bridgehead atoms. The van der Waals surface area contributed by atoms with E-state index in [0.29, 0.717) is 12.0 Å². The van der Waals surface area contributed by atoms with E-state index in [4.69, 9.17) is 0 Å². The van der Waals surface area contributed by atoms with Crippen LogP contribution in [0.5, 0.6) is 0 Å². The molecular formula is C16H18N2O3S. The van der Waals surface area contributed by atoms with Gasteiger partial charge < -0.3 is 5.32 Å². The summed E-state index contributed by atoms with van der Waals surface area (Å²) in [5, 5.41) is 2.92. The van der Waals surface area contributed by atoms with E-state index < -0.39 is 9.84 Å². The van der Waals surface area contributed by atoms with Gasteiger partial charge in [-0.05, 0) is 36.2 Å². The van der Waals surface area contributed by atoms with Crippen LogP contribution in [0.3, 0.4) is 0 Å². The van der Waals surface area contributed by atoms with Crippen molar-refractivity contribution in [2.24, 2.45) is 0 Å². The molecular weight excluding hydrogens is 300 g/mol. The third-order valence-electron chi connectivity index (χ3n) is 3.34. The van der Waals surface area contributed by atoms with Gasteiger partial charge in [-0.25, -0.2) is 8.42 Å². The molecule has 1 N–H and O–H groups in total. The Labute approximate surface area is 130 Å². The highest BCUT2D eigenvalue weighted by atomic mass is 32.2. The molecule has 0 radical (unpaired) electrons. The molecule has 5 nitrogen and oxygen atoms in total. The number of hydrogen-bond acceptors (Lipinski definition) is 4. The Bertz CT molecular complexity index is 758. The first-order chi connectivity index (χ1) is 10.4. The SMILES string of the molecule is CC[C@H](NC(=O)c1ccncc1)c1cccc(S(C)(=O)=O)c1. The van der Waals surface area contributed by atoms with E-state index in [1.165, 1.54) is 6.26 Å². The number of carbonyl (C=O) groups is 1. The van der Waals surface area contributed by atoms with E-state index in [1.807, 2.05) is 13.0 Å². The first-order valence-electron chi connectivity index (χ1n) is 6.92.